The van der Waals surface area contributed by atoms with Gasteiger partial charge < -0.3 is 24.5 Å². The van der Waals surface area contributed by atoms with E-state index in [1.165, 1.54) is 12.0 Å². The molecule has 1 amide bonds. The van der Waals surface area contributed by atoms with E-state index in [1.807, 2.05) is 24.3 Å². The largest absolute Gasteiger partial charge is 0.507 e. The quantitative estimate of drug-likeness (QED) is 0.245. The first-order chi connectivity index (χ1) is 15.6. The SMILES string of the molecule is C=CCOc1cccc(C2/C(=C(/O)c3c[nH]c4ccccc34)C(=O)C(=O)N2CCOC)c1. The molecule has 7 heteroatoms. The molecule has 1 unspecified atom stereocenters. The second-order valence-corrected chi connectivity index (χ2v) is 7.41. The maximum Gasteiger partial charge on any atom is 0.295 e. The van der Waals surface area contributed by atoms with Gasteiger partial charge in [-0.1, -0.05) is 43.0 Å². The predicted molar refractivity (Wildman–Crippen MR) is 121 cm³/mol. The van der Waals surface area contributed by atoms with Gasteiger partial charge in [-0.2, -0.15) is 0 Å². The minimum absolute atomic E-state index is 0.0386. The van der Waals surface area contributed by atoms with Gasteiger partial charge in [-0.25, -0.2) is 0 Å². The van der Waals surface area contributed by atoms with Gasteiger partial charge in [-0.05, 0) is 23.8 Å². The predicted octanol–water partition coefficient (Wildman–Crippen LogP) is 3.80. The van der Waals surface area contributed by atoms with Crippen molar-refractivity contribution in [3.63, 3.8) is 0 Å². The molecule has 1 fully saturated rings. The molecular weight excluding hydrogens is 408 g/mol. The van der Waals surface area contributed by atoms with Crippen LogP contribution in [0, 0.1) is 0 Å². The van der Waals surface area contributed by atoms with Gasteiger partial charge in [0, 0.05) is 36.3 Å². The van der Waals surface area contributed by atoms with E-state index in [0.717, 1.165) is 10.9 Å². The van der Waals surface area contributed by atoms with Gasteiger partial charge in [0.25, 0.3) is 11.7 Å². The number of amides is 1. The first-order valence-electron chi connectivity index (χ1n) is 10.2. The van der Waals surface area contributed by atoms with E-state index < -0.39 is 17.7 Å². The van der Waals surface area contributed by atoms with Crippen molar-refractivity contribution in [2.45, 2.75) is 6.04 Å². The van der Waals surface area contributed by atoms with Crippen LogP contribution in [0.1, 0.15) is 17.2 Å². The molecule has 4 rings (SSSR count). The summed E-state index contributed by atoms with van der Waals surface area (Å²) in [5.41, 5.74) is 1.98. The van der Waals surface area contributed by atoms with Gasteiger partial charge in [0.05, 0.1) is 18.2 Å². The van der Waals surface area contributed by atoms with E-state index in [-0.39, 0.29) is 24.5 Å². The number of benzene rings is 2. The van der Waals surface area contributed by atoms with Crippen LogP contribution in [0.3, 0.4) is 0 Å². The number of Topliss-reactive ketones (excluding diaryl/α,β-unsaturated/α-hetero) is 1. The number of methoxy groups -OCH3 is 1. The van der Waals surface area contributed by atoms with Gasteiger partial charge in [-0.15, -0.1) is 0 Å². The lowest BCUT2D eigenvalue weighted by atomic mass is 9.95. The van der Waals surface area contributed by atoms with E-state index >= 15 is 0 Å². The number of likely N-dealkylation sites (tertiary alicyclic amines) is 1. The number of para-hydroxylation sites is 1. The lowest BCUT2D eigenvalue weighted by Gasteiger charge is -2.25. The summed E-state index contributed by atoms with van der Waals surface area (Å²) < 4.78 is 10.8. The average molecular weight is 432 g/mol. The molecule has 1 aromatic heterocycles. The van der Waals surface area contributed by atoms with Crippen LogP contribution in [0.15, 0.2) is 73.0 Å². The van der Waals surface area contributed by atoms with Gasteiger partial charge in [0.15, 0.2) is 0 Å². The number of aliphatic hydroxyl groups excluding tert-OH is 1. The van der Waals surface area contributed by atoms with Crippen molar-refractivity contribution in [1.82, 2.24) is 9.88 Å². The number of aliphatic hydroxyl groups is 1. The number of aromatic nitrogens is 1. The molecule has 2 N–H and O–H groups in total. The fraction of sp³-hybridized carbons (Fsp3) is 0.200. The topological polar surface area (TPSA) is 91.9 Å². The third-order valence-corrected chi connectivity index (χ3v) is 5.46. The van der Waals surface area contributed by atoms with Crippen molar-refractivity contribution in [2.24, 2.45) is 0 Å². The summed E-state index contributed by atoms with van der Waals surface area (Å²) in [4.78, 5) is 30.5. The number of H-pyrrole nitrogens is 1. The maximum atomic E-state index is 13.1. The summed E-state index contributed by atoms with van der Waals surface area (Å²) in [7, 11) is 1.53. The van der Waals surface area contributed by atoms with E-state index in [1.54, 1.807) is 36.5 Å². The summed E-state index contributed by atoms with van der Waals surface area (Å²) in [5, 5.41) is 12.0. The van der Waals surface area contributed by atoms with Crippen LogP contribution in [0.2, 0.25) is 0 Å². The number of hydrogen-bond donors (Lipinski definition) is 2. The molecule has 0 bridgehead atoms. The number of nitrogens with one attached hydrogen (secondary N) is 1. The number of nitrogens with zero attached hydrogens (tertiary/aromatic N) is 1. The fourth-order valence-corrected chi connectivity index (χ4v) is 3.99. The maximum absolute atomic E-state index is 13.1. The average Bonchev–Trinajstić information content (AvgIpc) is 3.35. The van der Waals surface area contributed by atoms with Crippen LogP contribution in [0.4, 0.5) is 0 Å². The van der Waals surface area contributed by atoms with Crippen LogP contribution in [0.5, 0.6) is 5.75 Å². The summed E-state index contributed by atoms with van der Waals surface area (Å²) in [6, 6.07) is 13.8. The molecule has 0 radical (unpaired) electrons. The second-order valence-electron chi connectivity index (χ2n) is 7.41. The smallest absolute Gasteiger partial charge is 0.295 e. The van der Waals surface area contributed by atoms with Crippen LogP contribution in [-0.4, -0.2) is 53.5 Å². The molecule has 3 aromatic rings. The number of rotatable bonds is 8. The van der Waals surface area contributed by atoms with E-state index in [9.17, 15) is 14.7 Å². The highest BCUT2D eigenvalue weighted by molar-refractivity contribution is 6.46. The van der Waals surface area contributed by atoms with E-state index in [4.69, 9.17) is 9.47 Å². The van der Waals surface area contributed by atoms with Gasteiger partial charge in [0.1, 0.15) is 18.1 Å². The normalized spacial score (nSPS) is 17.8. The van der Waals surface area contributed by atoms with Crippen molar-refractivity contribution < 1.29 is 24.2 Å². The van der Waals surface area contributed by atoms with Crippen LogP contribution < -0.4 is 4.74 Å². The number of carbonyl (C=O) groups is 2. The monoisotopic (exact) mass is 432 g/mol. The van der Waals surface area contributed by atoms with Gasteiger partial charge in [0.2, 0.25) is 0 Å². The summed E-state index contributed by atoms with van der Waals surface area (Å²) >= 11 is 0. The highest BCUT2D eigenvalue weighted by Crippen LogP contribution is 2.41. The van der Waals surface area contributed by atoms with Crippen molar-refractivity contribution in [3.8, 4) is 5.75 Å². The third kappa shape index (κ3) is 3.78. The highest BCUT2D eigenvalue weighted by Gasteiger charge is 2.46. The molecule has 1 saturated heterocycles. The van der Waals surface area contributed by atoms with Crippen molar-refractivity contribution >= 4 is 28.4 Å². The van der Waals surface area contributed by atoms with Gasteiger partial charge in [-0.3, -0.25) is 9.59 Å². The lowest BCUT2D eigenvalue weighted by Crippen LogP contribution is -2.32. The Morgan fingerprint density at radius 1 is 1.22 bits per heavy atom. The Balaban J connectivity index is 1.87. The molecule has 1 aliphatic rings. The number of ether oxygens (including phenoxy) is 2. The molecule has 1 aliphatic heterocycles. The second kappa shape index (κ2) is 9.11. The van der Waals surface area contributed by atoms with Crippen molar-refractivity contribution in [2.75, 3.05) is 26.9 Å². The Hall–Kier alpha value is -3.84. The number of fused-ring (bicyclic) bond motifs is 1. The van der Waals surface area contributed by atoms with E-state index in [0.29, 0.717) is 23.5 Å². The molecule has 7 nitrogen and oxygen atoms in total. The molecule has 2 aromatic carbocycles. The van der Waals surface area contributed by atoms with Crippen molar-refractivity contribution in [3.05, 3.63) is 84.1 Å². The Bertz CT molecular complexity index is 1210. The zero-order valence-corrected chi connectivity index (χ0v) is 17.7. The van der Waals surface area contributed by atoms with Gasteiger partial charge >= 0.3 is 0 Å². The molecule has 1 atom stereocenters. The first-order valence-corrected chi connectivity index (χ1v) is 10.2. The summed E-state index contributed by atoms with van der Waals surface area (Å²) in [5.74, 6) is -1.05. The Morgan fingerprint density at radius 2 is 2.03 bits per heavy atom. The Labute approximate surface area is 185 Å². The molecule has 0 spiro atoms. The third-order valence-electron chi connectivity index (χ3n) is 5.46. The fourth-order valence-electron chi connectivity index (χ4n) is 3.99. The molecule has 2 heterocycles. The van der Waals surface area contributed by atoms with Crippen LogP contribution in [0.25, 0.3) is 16.7 Å². The minimum atomic E-state index is -0.772. The first kappa shape index (κ1) is 21.4. The molecule has 164 valence electrons. The lowest BCUT2D eigenvalue weighted by molar-refractivity contribution is -0.140. The number of hydrogen-bond acceptors (Lipinski definition) is 5. The number of carbonyl (C=O) groups excluding carboxylic acids is 2. The zero-order valence-electron chi connectivity index (χ0n) is 17.7. The Kier molecular flexibility index (Phi) is 6.09. The summed E-state index contributed by atoms with van der Waals surface area (Å²) in [6.45, 7) is 4.43. The summed E-state index contributed by atoms with van der Waals surface area (Å²) in [6.07, 6.45) is 3.28. The number of ketones is 1. The zero-order chi connectivity index (χ0) is 22.7. The van der Waals surface area contributed by atoms with Crippen LogP contribution >= 0.6 is 0 Å². The molecule has 0 aliphatic carbocycles. The number of aromatic amines is 1. The molecular formula is C25H24N2O5. The van der Waals surface area contributed by atoms with Crippen molar-refractivity contribution in [1.29, 1.82) is 0 Å². The highest BCUT2D eigenvalue weighted by atomic mass is 16.5. The van der Waals surface area contributed by atoms with Crippen LogP contribution in [-0.2, 0) is 14.3 Å². The molecule has 0 saturated carbocycles. The standard InChI is InChI=1S/C25H24N2O5/c1-3-12-32-17-8-6-7-16(14-17)22-21(24(29)25(30)27(22)11-13-31-2)23(28)19-15-26-20-10-5-4-9-18(19)20/h3-10,14-15,22,26,28H,1,11-13H2,2H3/b23-21-. The van der Waals surface area contributed by atoms with E-state index in [2.05, 4.69) is 11.6 Å². The molecule has 32 heavy (non-hydrogen) atoms. The minimum Gasteiger partial charge on any atom is -0.507 e. The Morgan fingerprint density at radius 3 is 2.81 bits per heavy atom.